The van der Waals surface area contributed by atoms with Crippen LogP contribution in [0.1, 0.15) is 4.88 Å². The molecule has 5 nitrogen and oxygen atoms in total. The predicted molar refractivity (Wildman–Crippen MR) is 113 cm³/mol. The molecule has 8 heteroatoms. The van der Waals surface area contributed by atoms with E-state index in [0.717, 1.165) is 23.0 Å². The zero-order valence-corrected chi connectivity index (χ0v) is 17.7. The number of nitrogens with zero attached hydrogens (tertiary/aromatic N) is 1. The van der Waals surface area contributed by atoms with Crippen LogP contribution in [0.3, 0.4) is 0 Å². The average Bonchev–Trinajstić information content (AvgIpc) is 2.99. The molecule has 1 aromatic carbocycles. The van der Waals surface area contributed by atoms with Crippen molar-refractivity contribution in [2.75, 3.05) is 33.1 Å². The van der Waals surface area contributed by atoms with Crippen molar-refractivity contribution in [2.45, 2.75) is 6.42 Å². The van der Waals surface area contributed by atoms with Crippen LogP contribution in [0.25, 0.3) is 0 Å². The Balaban J connectivity index is 0.00000288. The molecule has 24 heavy (non-hydrogen) atoms. The van der Waals surface area contributed by atoms with E-state index in [1.54, 1.807) is 32.6 Å². The molecule has 0 aliphatic rings. The van der Waals surface area contributed by atoms with Crippen molar-refractivity contribution < 1.29 is 9.47 Å². The Labute approximate surface area is 168 Å². The Morgan fingerprint density at radius 2 is 1.92 bits per heavy atom. The average molecular weight is 482 g/mol. The van der Waals surface area contributed by atoms with Gasteiger partial charge < -0.3 is 20.1 Å². The molecule has 0 radical (unpaired) electrons. The topological polar surface area (TPSA) is 54.9 Å². The summed E-state index contributed by atoms with van der Waals surface area (Å²) in [4.78, 5) is 5.46. The molecule has 0 unspecified atom stereocenters. The highest BCUT2D eigenvalue weighted by molar-refractivity contribution is 14.0. The number of halogens is 2. The lowest BCUT2D eigenvalue weighted by Gasteiger charge is -2.13. The number of benzene rings is 1. The van der Waals surface area contributed by atoms with Gasteiger partial charge in [0.1, 0.15) is 0 Å². The third kappa shape index (κ3) is 6.03. The molecule has 0 aliphatic carbocycles. The van der Waals surface area contributed by atoms with Crippen molar-refractivity contribution in [2.24, 2.45) is 4.99 Å². The summed E-state index contributed by atoms with van der Waals surface area (Å²) in [6.07, 6.45) is 0.893. The lowest BCUT2D eigenvalue weighted by Crippen LogP contribution is -2.32. The number of hydrogen-bond acceptors (Lipinski definition) is 4. The van der Waals surface area contributed by atoms with Gasteiger partial charge in [-0.05, 0) is 30.7 Å². The largest absolute Gasteiger partial charge is 0.493 e. The van der Waals surface area contributed by atoms with Crippen LogP contribution in [0.2, 0.25) is 4.34 Å². The van der Waals surface area contributed by atoms with Crippen LogP contribution in [0.5, 0.6) is 11.5 Å². The number of aliphatic imine (C=N–C) groups is 1. The first-order chi connectivity index (χ1) is 11.2. The van der Waals surface area contributed by atoms with E-state index in [2.05, 4.69) is 15.6 Å². The maximum absolute atomic E-state index is 5.93. The lowest BCUT2D eigenvalue weighted by atomic mass is 10.2. The molecular weight excluding hydrogens is 461 g/mol. The molecule has 2 aromatic rings. The smallest absolute Gasteiger partial charge is 0.195 e. The first-order valence-electron chi connectivity index (χ1n) is 7.10. The van der Waals surface area contributed by atoms with Crippen molar-refractivity contribution in [1.29, 1.82) is 0 Å². The summed E-state index contributed by atoms with van der Waals surface area (Å²) in [7, 11) is 4.96. The summed E-state index contributed by atoms with van der Waals surface area (Å²) in [6.45, 7) is 0.768. The Morgan fingerprint density at radius 3 is 2.50 bits per heavy atom. The molecule has 1 aromatic heterocycles. The second kappa shape index (κ2) is 10.6. The molecular formula is C16H21ClIN3O2S. The van der Waals surface area contributed by atoms with Crippen molar-refractivity contribution in [3.05, 3.63) is 39.5 Å². The number of nitrogens with one attached hydrogen (secondary N) is 2. The maximum atomic E-state index is 5.93. The molecule has 2 N–H and O–H groups in total. The van der Waals surface area contributed by atoms with Crippen molar-refractivity contribution >= 4 is 58.6 Å². The van der Waals surface area contributed by atoms with E-state index in [9.17, 15) is 0 Å². The van der Waals surface area contributed by atoms with Gasteiger partial charge in [0.2, 0.25) is 0 Å². The fraction of sp³-hybridized carbons (Fsp3) is 0.312. The molecule has 0 spiro atoms. The van der Waals surface area contributed by atoms with Crippen LogP contribution in [0.15, 0.2) is 35.3 Å². The van der Waals surface area contributed by atoms with E-state index in [0.29, 0.717) is 17.5 Å². The number of anilines is 1. The fourth-order valence-corrected chi connectivity index (χ4v) is 3.11. The number of ether oxygens (including phenoxy) is 2. The minimum Gasteiger partial charge on any atom is -0.493 e. The quantitative estimate of drug-likeness (QED) is 0.368. The summed E-state index contributed by atoms with van der Waals surface area (Å²) >= 11 is 7.52. The van der Waals surface area contributed by atoms with E-state index in [4.69, 9.17) is 21.1 Å². The molecule has 0 fully saturated rings. The third-order valence-electron chi connectivity index (χ3n) is 3.16. The van der Waals surface area contributed by atoms with Gasteiger partial charge >= 0.3 is 0 Å². The summed E-state index contributed by atoms with van der Waals surface area (Å²) in [5, 5.41) is 6.50. The van der Waals surface area contributed by atoms with Gasteiger partial charge in [-0.1, -0.05) is 11.6 Å². The van der Waals surface area contributed by atoms with Gasteiger partial charge in [-0.2, -0.15) is 0 Å². The Kier molecular flexibility index (Phi) is 9.24. The molecule has 0 saturated carbocycles. The molecule has 132 valence electrons. The highest BCUT2D eigenvalue weighted by Gasteiger charge is 2.06. The minimum absolute atomic E-state index is 0. The van der Waals surface area contributed by atoms with Gasteiger partial charge in [0, 0.05) is 30.2 Å². The second-order valence-electron chi connectivity index (χ2n) is 4.65. The molecule has 1 heterocycles. The minimum atomic E-state index is 0. The first-order valence-corrected chi connectivity index (χ1v) is 8.29. The fourth-order valence-electron chi connectivity index (χ4n) is 2.02. The van der Waals surface area contributed by atoms with Crippen LogP contribution >= 0.6 is 46.9 Å². The third-order valence-corrected chi connectivity index (χ3v) is 4.45. The number of guanidine groups is 1. The van der Waals surface area contributed by atoms with E-state index >= 15 is 0 Å². The van der Waals surface area contributed by atoms with Crippen LogP contribution in [-0.2, 0) is 6.42 Å². The van der Waals surface area contributed by atoms with E-state index in [1.165, 1.54) is 4.88 Å². The predicted octanol–water partition coefficient (Wildman–Crippen LogP) is 4.27. The van der Waals surface area contributed by atoms with Crippen molar-refractivity contribution in [3.63, 3.8) is 0 Å². The van der Waals surface area contributed by atoms with E-state index in [1.807, 2.05) is 30.3 Å². The van der Waals surface area contributed by atoms with Crippen LogP contribution < -0.4 is 20.1 Å². The second-order valence-corrected chi connectivity index (χ2v) is 6.45. The van der Waals surface area contributed by atoms with Crippen LogP contribution in [-0.4, -0.2) is 33.8 Å². The van der Waals surface area contributed by atoms with Gasteiger partial charge in [-0.25, -0.2) is 0 Å². The van der Waals surface area contributed by atoms with Gasteiger partial charge in [0.15, 0.2) is 17.5 Å². The summed E-state index contributed by atoms with van der Waals surface area (Å²) < 4.78 is 11.3. The normalized spacial score (nSPS) is 10.8. The summed E-state index contributed by atoms with van der Waals surface area (Å²) in [6, 6.07) is 9.58. The van der Waals surface area contributed by atoms with Gasteiger partial charge in [0.25, 0.3) is 0 Å². The van der Waals surface area contributed by atoms with Crippen LogP contribution in [0, 0.1) is 0 Å². The number of hydrogen-bond donors (Lipinski definition) is 2. The molecule has 0 aliphatic heterocycles. The molecule has 0 amide bonds. The Bertz CT molecular complexity index is 679. The Morgan fingerprint density at radius 1 is 1.17 bits per heavy atom. The molecule has 0 atom stereocenters. The zero-order valence-electron chi connectivity index (χ0n) is 13.8. The van der Waals surface area contributed by atoms with Gasteiger partial charge in [-0.15, -0.1) is 35.3 Å². The Hall–Kier alpha value is -1.19. The highest BCUT2D eigenvalue weighted by Crippen LogP contribution is 2.29. The number of methoxy groups -OCH3 is 2. The van der Waals surface area contributed by atoms with E-state index < -0.39 is 0 Å². The first kappa shape index (κ1) is 20.9. The summed E-state index contributed by atoms with van der Waals surface area (Å²) in [5.41, 5.74) is 0.870. The van der Waals surface area contributed by atoms with Gasteiger partial charge in [0.05, 0.1) is 18.6 Å². The maximum Gasteiger partial charge on any atom is 0.195 e. The molecule has 2 rings (SSSR count). The SMILES string of the molecule is CN=C(NCCc1ccc(Cl)s1)Nc1ccc(OC)c(OC)c1.I. The van der Waals surface area contributed by atoms with Crippen molar-refractivity contribution in [1.82, 2.24) is 5.32 Å². The number of rotatable bonds is 6. The number of thiophene rings is 1. The molecule has 0 saturated heterocycles. The zero-order chi connectivity index (χ0) is 16.7. The van der Waals surface area contributed by atoms with Crippen LogP contribution in [0.4, 0.5) is 5.69 Å². The highest BCUT2D eigenvalue weighted by atomic mass is 127. The van der Waals surface area contributed by atoms with Gasteiger partial charge in [-0.3, -0.25) is 4.99 Å². The van der Waals surface area contributed by atoms with Crippen molar-refractivity contribution in [3.8, 4) is 11.5 Å². The standard InChI is InChI=1S/C16H20ClN3O2S.HI/c1-18-16(19-9-8-12-5-7-15(17)23-12)20-11-4-6-13(21-2)14(10-11)22-3;/h4-7,10H,8-9H2,1-3H3,(H2,18,19,20);1H. The molecule has 0 bridgehead atoms. The van der Waals surface area contributed by atoms with E-state index in [-0.39, 0.29) is 24.0 Å². The summed E-state index contributed by atoms with van der Waals surface area (Å²) in [5.74, 6) is 2.05. The lowest BCUT2D eigenvalue weighted by molar-refractivity contribution is 0.355. The monoisotopic (exact) mass is 481 g/mol.